The first-order chi connectivity index (χ1) is 11.5. The molecular formula is C17H25ClN2O4S. The SMILES string of the molecule is COC(=O)C1CCCCC1S(=O)(=O)NCc1ccc2c(c1)CNC2.Cl. The minimum absolute atomic E-state index is 0. The Labute approximate surface area is 155 Å². The van der Waals surface area contributed by atoms with Crippen molar-refractivity contribution in [1.82, 2.24) is 10.0 Å². The van der Waals surface area contributed by atoms with Gasteiger partial charge in [0.25, 0.3) is 0 Å². The number of rotatable bonds is 5. The highest BCUT2D eigenvalue weighted by molar-refractivity contribution is 7.90. The fourth-order valence-corrected chi connectivity index (χ4v) is 5.38. The number of carbonyl (C=O) groups is 1. The molecule has 1 aromatic carbocycles. The molecule has 2 unspecified atom stereocenters. The molecule has 2 N–H and O–H groups in total. The number of halogens is 1. The van der Waals surface area contributed by atoms with E-state index in [1.807, 2.05) is 18.2 Å². The predicted molar refractivity (Wildman–Crippen MR) is 97.8 cm³/mol. The maximum absolute atomic E-state index is 12.7. The second kappa shape index (κ2) is 8.49. The van der Waals surface area contributed by atoms with Crippen molar-refractivity contribution in [1.29, 1.82) is 0 Å². The van der Waals surface area contributed by atoms with Crippen molar-refractivity contribution in [2.45, 2.75) is 50.6 Å². The van der Waals surface area contributed by atoms with Crippen molar-refractivity contribution < 1.29 is 17.9 Å². The van der Waals surface area contributed by atoms with E-state index in [1.54, 1.807) is 0 Å². The fraction of sp³-hybridized carbons (Fsp3) is 0.588. The lowest BCUT2D eigenvalue weighted by Crippen LogP contribution is -2.43. The molecule has 0 aromatic heterocycles. The Morgan fingerprint density at radius 3 is 2.72 bits per heavy atom. The molecule has 2 aliphatic rings. The Morgan fingerprint density at radius 1 is 1.24 bits per heavy atom. The summed E-state index contributed by atoms with van der Waals surface area (Å²) in [5, 5.41) is 2.57. The van der Waals surface area contributed by atoms with Crippen LogP contribution in [0.4, 0.5) is 0 Å². The molecule has 1 saturated carbocycles. The molecule has 3 rings (SSSR count). The van der Waals surface area contributed by atoms with Crippen LogP contribution in [0.1, 0.15) is 42.4 Å². The van der Waals surface area contributed by atoms with Crippen LogP contribution in [0.15, 0.2) is 18.2 Å². The number of fused-ring (bicyclic) bond motifs is 1. The molecule has 1 heterocycles. The topological polar surface area (TPSA) is 84.5 Å². The van der Waals surface area contributed by atoms with Crippen molar-refractivity contribution >= 4 is 28.4 Å². The number of hydrogen-bond donors (Lipinski definition) is 2. The van der Waals surface area contributed by atoms with Crippen LogP contribution in [0.25, 0.3) is 0 Å². The third kappa shape index (κ3) is 4.53. The molecule has 8 heteroatoms. The van der Waals surface area contributed by atoms with Crippen LogP contribution in [0, 0.1) is 5.92 Å². The van der Waals surface area contributed by atoms with Gasteiger partial charge in [-0.25, -0.2) is 13.1 Å². The normalized spacial score (nSPS) is 22.8. The van der Waals surface area contributed by atoms with Gasteiger partial charge >= 0.3 is 5.97 Å². The molecular weight excluding hydrogens is 364 g/mol. The molecule has 0 saturated heterocycles. The van der Waals surface area contributed by atoms with Crippen molar-refractivity contribution in [3.05, 3.63) is 34.9 Å². The molecule has 1 aliphatic heterocycles. The van der Waals surface area contributed by atoms with E-state index in [0.29, 0.717) is 12.8 Å². The summed E-state index contributed by atoms with van der Waals surface area (Å²) in [6.07, 6.45) is 2.76. The standard InChI is InChI=1S/C17H24N2O4S.ClH/c1-23-17(20)15-4-2-3-5-16(15)24(21,22)19-9-12-6-7-13-10-18-11-14(13)8-12;/h6-8,15-16,18-19H,2-5,9-11H2,1H3;1H. The highest BCUT2D eigenvalue weighted by Gasteiger charge is 2.40. The van der Waals surface area contributed by atoms with Gasteiger partial charge in [0.15, 0.2) is 0 Å². The molecule has 0 spiro atoms. The van der Waals surface area contributed by atoms with Gasteiger partial charge in [0.05, 0.1) is 18.3 Å². The lowest BCUT2D eigenvalue weighted by molar-refractivity contribution is -0.146. The average Bonchev–Trinajstić information content (AvgIpc) is 3.07. The van der Waals surface area contributed by atoms with Crippen LogP contribution in [-0.2, 0) is 39.2 Å². The van der Waals surface area contributed by atoms with E-state index < -0.39 is 27.2 Å². The van der Waals surface area contributed by atoms with Gasteiger partial charge in [-0.15, -0.1) is 12.4 Å². The molecule has 1 aliphatic carbocycles. The maximum atomic E-state index is 12.7. The van der Waals surface area contributed by atoms with Gasteiger partial charge < -0.3 is 10.1 Å². The van der Waals surface area contributed by atoms with Crippen LogP contribution < -0.4 is 10.0 Å². The van der Waals surface area contributed by atoms with Crippen molar-refractivity contribution in [3.63, 3.8) is 0 Å². The third-order valence-electron chi connectivity index (χ3n) is 4.98. The van der Waals surface area contributed by atoms with Crippen molar-refractivity contribution in [2.75, 3.05) is 7.11 Å². The molecule has 25 heavy (non-hydrogen) atoms. The largest absolute Gasteiger partial charge is 0.469 e. The monoisotopic (exact) mass is 388 g/mol. The average molecular weight is 389 g/mol. The van der Waals surface area contributed by atoms with Crippen molar-refractivity contribution in [3.8, 4) is 0 Å². The summed E-state index contributed by atoms with van der Waals surface area (Å²) in [5.41, 5.74) is 3.42. The maximum Gasteiger partial charge on any atom is 0.310 e. The van der Waals surface area contributed by atoms with E-state index in [1.165, 1.54) is 18.2 Å². The smallest absolute Gasteiger partial charge is 0.310 e. The quantitative estimate of drug-likeness (QED) is 0.752. The Bertz CT molecular complexity index is 723. The van der Waals surface area contributed by atoms with Gasteiger partial charge in [0.2, 0.25) is 10.0 Å². The van der Waals surface area contributed by atoms with Gasteiger partial charge in [-0.2, -0.15) is 0 Å². The lowest BCUT2D eigenvalue weighted by atomic mass is 9.89. The summed E-state index contributed by atoms with van der Waals surface area (Å²) in [5.74, 6) is -0.987. The summed E-state index contributed by atoms with van der Waals surface area (Å²) in [4.78, 5) is 11.9. The van der Waals surface area contributed by atoms with Crippen molar-refractivity contribution in [2.24, 2.45) is 5.92 Å². The minimum atomic E-state index is -3.57. The number of sulfonamides is 1. The van der Waals surface area contributed by atoms with E-state index in [2.05, 4.69) is 10.0 Å². The number of methoxy groups -OCH3 is 1. The number of nitrogens with one attached hydrogen (secondary N) is 2. The highest BCUT2D eigenvalue weighted by atomic mass is 35.5. The zero-order valence-electron chi connectivity index (χ0n) is 14.3. The van der Waals surface area contributed by atoms with Gasteiger partial charge in [0.1, 0.15) is 0 Å². The minimum Gasteiger partial charge on any atom is -0.469 e. The molecule has 6 nitrogen and oxygen atoms in total. The zero-order valence-corrected chi connectivity index (χ0v) is 15.9. The van der Waals surface area contributed by atoms with Gasteiger partial charge in [-0.1, -0.05) is 31.0 Å². The highest BCUT2D eigenvalue weighted by Crippen LogP contribution is 2.30. The van der Waals surface area contributed by atoms with E-state index in [9.17, 15) is 13.2 Å². The second-order valence-corrected chi connectivity index (χ2v) is 8.51. The number of esters is 1. The summed E-state index contributed by atoms with van der Waals surface area (Å²) < 4.78 is 32.9. The number of benzene rings is 1. The second-order valence-electron chi connectivity index (χ2n) is 6.53. The molecule has 140 valence electrons. The first-order valence-electron chi connectivity index (χ1n) is 8.39. The summed E-state index contributed by atoms with van der Waals surface area (Å²) >= 11 is 0. The third-order valence-corrected chi connectivity index (χ3v) is 6.89. The molecule has 0 amide bonds. The van der Waals surface area contributed by atoms with E-state index in [-0.39, 0.29) is 19.0 Å². The summed E-state index contributed by atoms with van der Waals surface area (Å²) in [6.45, 7) is 1.94. The van der Waals surface area contributed by atoms with Crippen LogP contribution >= 0.6 is 12.4 Å². The lowest BCUT2D eigenvalue weighted by Gasteiger charge is -2.29. The fourth-order valence-electron chi connectivity index (χ4n) is 3.64. The van der Waals surface area contributed by atoms with Gasteiger partial charge in [-0.3, -0.25) is 4.79 Å². The number of ether oxygens (including phenoxy) is 1. The summed E-state index contributed by atoms with van der Waals surface area (Å²) in [7, 11) is -2.25. The first-order valence-corrected chi connectivity index (χ1v) is 9.93. The first kappa shape index (κ1) is 20.2. The Kier molecular flexibility index (Phi) is 6.85. The Morgan fingerprint density at radius 2 is 1.96 bits per heavy atom. The van der Waals surface area contributed by atoms with Crippen LogP contribution in [0.2, 0.25) is 0 Å². The van der Waals surface area contributed by atoms with Crippen LogP contribution in [0.5, 0.6) is 0 Å². The zero-order chi connectivity index (χ0) is 17.2. The van der Waals surface area contributed by atoms with E-state index in [0.717, 1.165) is 31.5 Å². The molecule has 0 bridgehead atoms. The molecule has 2 atom stereocenters. The Balaban J connectivity index is 0.00000225. The van der Waals surface area contributed by atoms with Gasteiger partial charge in [-0.05, 0) is 29.5 Å². The van der Waals surface area contributed by atoms with Gasteiger partial charge in [0, 0.05) is 19.6 Å². The number of hydrogen-bond acceptors (Lipinski definition) is 5. The van der Waals surface area contributed by atoms with Crippen LogP contribution in [-0.4, -0.2) is 26.7 Å². The Hall–Kier alpha value is -1.15. The van der Waals surface area contributed by atoms with E-state index in [4.69, 9.17) is 4.74 Å². The molecule has 0 radical (unpaired) electrons. The molecule has 1 aromatic rings. The molecule has 1 fully saturated rings. The van der Waals surface area contributed by atoms with Crippen LogP contribution in [0.3, 0.4) is 0 Å². The van der Waals surface area contributed by atoms with E-state index >= 15 is 0 Å². The predicted octanol–water partition coefficient (Wildman–Crippen LogP) is 1.86. The summed E-state index contributed by atoms with van der Waals surface area (Å²) in [6, 6.07) is 6.03. The number of carbonyl (C=O) groups excluding carboxylic acids is 1.